The van der Waals surface area contributed by atoms with Crippen LogP contribution in [0.15, 0.2) is 77.3 Å². The Balaban J connectivity index is 1.58. The highest BCUT2D eigenvalue weighted by molar-refractivity contribution is 9.10. The average molecular weight is 494 g/mol. The zero-order valence-electron chi connectivity index (χ0n) is 18.7. The molecule has 0 radical (unpaired) electrons. The maximum atomic E-state index is 12.6. The van der Waals surface area contributed by atoms with Gasteiger partial charge in [-0.25, -0.2) is 4.79 Å². The van der Waals surface area contributed by atoms with E-state index in [9.17, 15) is 4.79 Å². The number of benzene rings is 3. The molecule has 1 heterocycles. The maximum absolute atomic E-state index is 12.6. The maximum Gasteiger partial charge on any atom is 0.410 e. The van der Waals surface area contributed by atoms with E-state index in [1.807, 2.05) is 57.2 Å². The van der Waals surface area contributed by atoms with Gasteiger partial charge in [0.2, 0.25) is 0 Å². The number of hydrogen-bond acceptors (Lipinski definition) is 3. The van der Waals surface area contributed by atoms with E-state index >= 15 is 0 Å². The molecule has 0 aromatic heterocycles. The zero-order chi connectivity index (χ0) is 22.7. The molecule has 3 aromatic carbocycles. The normalized spacial score (nSPS) is 14.4. The summed E-state index contributed by atoms with van der Waals surface area (Å²) in [7, 11) is 0. The van der Waals surface area contributed by atoms with E-state index in [2.05, 4.69) is 52.3 Å². The van der Waals surface area contributed by atoms with Crippen molar-refractivity contribution in [1.29, 1.82) is 0 Å². The molecule has 5 heteroatoms. The standard InChI is InChI=1S/C27H28BrNO3/c1-27(2,3)32-26(30)29-16-15-19-11-14-24(17-22(19)18-29)31-25(20-7-5-4-6-8-20)21-9-12-23(28)13-10-21/h4-14,17,25H,15-16,18H2,1-3H3. The van der Waals surface area contributed by atoms with E-state index in [1.165, 1.54) is 5.56 Å². The van der Waals surface area contributed by atoms with E-state index in [-0.39, 0.29) is 12.2 Å². The van der Waals surface area contributed by atoms with Gasteiger partial charge < -0.3 is 14.4 Å². The largest absolute Gasteiger partial charge is 0.481 e. The van der Waals surface area contributed by atoms with Crippen LogP contribution in [-0.4, -0.2) is 23.1 Å². The third-order valence-corrected chi connectivity index (χ3v) is 5.90. The Kier molecular flexibility index (Phi) is 6.56. The summed E-state index contributed by atoms with van der Waals surface area (Å²) in [6.45, 7) is 6.85. The van der Waals surface area contributed by atoms with Crippen LogP contribution in [0.3, 0.4) is 0 Å². The molecule has 1 aliphatic heterocycles. The first-order chi connectivity index (χ1) is 15.3. The molecule has 166 valence electrons. The van der Waals surface area contributed by atoms with Crippen molar-refractivity contribution >= 4 is 22.0 Å². The second-order valence-electron chi connectivity index (χ2n) is 9.04. The van der Waals surface area contributed by atoms with E-state index in [0.717, 1.165) is 33.3 Å². The Morgan fingerprint density at radius 2 is 1.62 bits per heavy atom. The van der Waals surface area contributed by atoms with Crippen molar-refractivity contribution in [1.82, 2.24) is 4.90 Å². The van der Waals surface area contributed by atoms with Crippen molar-refractivity contribution in [3.63, 3.8) is 0 Å². The fourth-order valence-electron chi connectivity index (χ4n) is 3.82. The molecule has 0 bridgehead atoms. The quantitative estimate of drug-likeness (QED) is 0.396. The van der Waals surface area contributed by atoms with Crippen molar-refractivity contribution in [2.75, 3.05) is 6.54 Å². The van der Waals surface area contributed by atoms with Crippen molar-refractivity contribution in [2.45, 2.75) is 45.4 Å². The minimum Gasteiger partial charge on any atom is -0.481 e. The predicted molar refractivity (Wildman–Crippen MR) is 130 cm³/mol. The van der Waals surface area contributed by atoms with Gasteiger partial charge in [-0.3, -0.25) is 0 Å². The lowest BCUT2D eigenvalue weighted by Crippen LogP contribution is -2.39. The fourth-order valence-corrected chi connectivity index (χ4v) is 4.08. The summed E-state index contributed by atoms with van der Waals surface area (Å²) in [5, 5.41) is 0. The van der Waals surface area contributed by atoms with Crippen molar-refractivity contribution in [2.24, 2.45) is 0 Å². The molecule has 0 saturated carbocycles. The van der Waals surface area contributed by atoms with Crippen LogP contribution in [0.5, 0.6) is 5.75 Å². The minimum absolute atomic E-state index is 0.229. The summed E-state index contributed by atoms with van der Waals surface area (Å²) in [6.07, 6.45) is 0.309. The highest BCUT2D eigenvalue weighted by atomic mass is 79.9. The van der Waals surface area contributed by atoms with Crippen molar-refractivity contribution in [3.8, 4) is 5.75 Å². The van der Waals surface area contributed by atoms with Crippen molar-refractivity contribution < 1.29 is 14.3 Å². The van der Waals surface area contributed by atoms with Crippen LogP contribution in [0.2, 0.25) is 0 Å². The SMILES string of the molecule is CC(C)(C)OC(=O)N1CCc2ccc(OC(c3ccccc3)c3ccc(Br)cc3)cc2C1. The van der Waals surface area contributed by atoms with Gasteiger partial charge in [-0.05, 0) is 73.7 Å². The number of amides is 1. The Hall–Kier alpha value is -2.79. The number of rotatable bonds is 4. The second-order valence-corrected chi connectivity index (χ2v) is 9.96. The first-order valence-corrected chi connectivity index (χ1v) is 11.6. The van der Waals surface area contributed by atoms with Crippen LogP contribution in [0.1, 0.15) is 49.1 Å². The molecule has 1 unspecified atom stereocenters. The number of nitrogens with zero attached hydrogens (tertiary/aromatic N) is 1. The summed E-state index contributed by atoms with van der Waals surface area (Å²) in [5.74, 6) is 0.784. The molecule has 0 fully saturated rings. The van der Waals surface area contributed by atoms with Crippen LogP contribution in [0.4, 0.5) is 4.79 Å². The number of halogens is 1. The molecule has 1 atom stereocenters. The van der Waals surface area contributed by atoms with Crippen LogP contribution < -0.4 is 4.74 Å². The lowest BCUT2D eigenvalue weighted by Gasteiger charge is -2.31. The number of fused-ring (bicyclic) bond motifs is 1. The number of carbonyl (C=O) groups is 1. The summed E-state index contributed by atoms with van der Waals surface area (Å²) in [5.41, 5.74) is 4.00. The monoisotopic (exact) mass is 493 g/mol. The van der Waals surface area contributed by atoms with Gasteiger partial charge in [-0.1, -0.05) is 64.5 Å². The molecule has 0 spiro atoms. The summed E-state index contributed by atoms with van der Waals surface area (Å²) in [4.78, 5) is 14.3. The number of ether oxygens (including phenoxy) is 2. The lowest BCUT2D eigenvalue weighted by molar-refractivity contribution is 0.0223. The topological polar surface area (TPSA) is 38.8 Å². The summed E-state index contributed by atoms with van der Waals surface area (Å²) >= 11 is 3.51. The van der Waals surface area contributed by atoms with E-state index in [1.54, 1.807) is 4.90 Å². The van der Waals surface area contributed by atoms with E-state index in [0.29, 0.717) is 13.1 Å². The molecular weight excluding hydrogens is 466 g/mol. The third kappa shape index (κ3) is 5.52. The molecule has 0 N–H and O–H groups in total. The van der Waals surface area contributed by atoms with Crippen LogP contribution in [0, 0.1) is 0 Å². The van der Waals surface area contributed by atoms with Gasteiger partial charge in [-0.15, -0.1) is 0 Å². The number of carbonyl (C=O) groups excluding carboxylic acids is 1. The molecule has 4 rings (SSSR count). The molecule has 32 heavy (non-hydrogen) atoms. The van der Waals surface area contributed by atoms with Crippen molar-refractivity contribution in [3.05, 3.63) is 99.5 Å². The highest BCUT2D eigenvalue weighted by Crippen LogP contribution is 2.32. The molecular formula is C27H28BrNO3. The third-order valence-electron chi connectivity index (χ3n) is 5.37. The van der Waals surface area contributed by atoms with Gasteiger partial charge in [0.15, 0.2) is 0 Å². The van der Waals surface area contributed by atoms with Gasteiger partial charge in [0.1, 0.15) is 17.5 Å². The lowest BCUT2D eigenvalue weighted by atomic mass is 9.99. The molecule has 1 aliphatic rings. The fraction of sp³-hybridized carbons (Fsp3) is 0.296. The van der Waals surface area contributed by atoms with Gasteiger partial charge in [0.25, 0.3) is 0 Å². The smallest absolute Gasteiger partial charge is 0.410 e. The molecule has 3 aromatic rings. The highest BCUT2D eigenvalue weighted by Gasteiger charge is 2.26. The predicted octanol–water partition coefficient (Wildman–Crippen LogP) is 6.91. The first-order valence-electron chi connectivity index (χ1n) is 10.9. The summed E-state index contributed by atoms with van der Waals surface area (Å²) < 4.78 is 13.1. The molecule has 0 saturated heterocycles. The molecule has 0 aliphatic carbocycles. The zero-order valence-corrected chi connectivity index (χ0v) is 20.3. The van der Waals surface area contributed by atoms with Gasteiger partial charge in [-0.2, -0.15) is 0 Å². The van der Waals surface area contributed by atoms with Crippen LogP contribution >= 0.6 is 15.9 Å². The van der Waals surface area contributed by atoms with E-state index < -0.39 is 5.60 Å². The summed E-state index contributed by atoms with van der Waals surface area (Å²) in [6, 6.07) is 24.6. The minimum atomic E-state index is -0.504. The molecule has 1 amide bonds. The Morgan fingerprint density at radius 1 is 0.938 bits per heavy atom. The molecule has 4 nitrogen and oxygen atoms in total. The van der Waals surface area contributed by atoms with Gasteiger partial charge in [0.05, 0.1) is 0 Å². The van der Waals surface area contributed by atoms with Gasteiger partial charge >= 0.3 is 6.09 Å². The Bertz CT molecular complexity index is 1070. The Morgan fingerprint density at radius 3 is 2.31 bits per heavy atom. The number of hydrogen-bond donors (Lipinski definition) is 0. The second kappa shape index (κ2) is 9.37. The van der Waals surface area contributed by atoms with Crippen LogP contribution in [0.25, 0.3) is 0 Å². The van der Waals surface area contributed by atoms with Gasteiger partial charge in [0, 0.05) is 17.6 Å². The Labute approximate surface area is 198 Å². The van der Waals surface area contributed by atoms with E-state index in [4.69, 9.17) is 9.47 Å². The first kappa shape index (κ1) is 22.4. The average Bonchev–Trinajstić information content (AvgIpc) is 2.77. The van der Waals surface area contributed by atoms with Crippen LogP contribution in [-0.2, 0) is 17.7 Å².